The van der Waals surface area contributed by atoms with E-state index in [9.17, 15) is 13.2 Å². The molecule has 1 aromatic heterocycles. The zero-order valence-electron chi connectivity index (χ0n) is 8.46. The number of aromatic nitrogens is 4. The number of alkyl halides is 3. The van der Waals surface area contributed by atoms with Crippen LogP contribution in [-0.4, -0.2) is 20.2 Å². The average molecular weight is 222 g/mol. The third-order valence-corrected chi connectivity index (χ3v) is 2.03. The fourth-order valence-corrected chi connectivity index (χ4v) is 1.27. The zero-order chi connectivity index (χ0) is 11.3. The van der Waals surface area contributed by atoms with Crippen LogP contribution in [0, 0.1) is 0 Å². The highest BCUT2D eigenvalue weighted by molar-refractivity contribution is 4.82. The van der Waals surface area contributed by atoms with Crippen LogP contribution in [0.15, 0.2) is 0 Å². The largest absolute Gasteiger partial charge is 0.507 e. The molecular formula is C8H13F3N4. The Hall–Kier alpha value is -1.14. The van der Waals surface area contributed by atoms with Crippen molar-refractivity contribution < 1.29 is 13.2 Å². The first kappa shape index (κ1) is 11.9. The van der Waals surface area contributed by atoms with Crippen molar-refractivity contribution in [1.29, 1.82) is 0 Å². The Bertz CT molecular complexity index is 294. The van der Waals surface area contributed by atoms with E-state index in [4.69, 9.17) is 0 Å². The molecule has 0 aliphatic carbocycles. The molecule has 0 amide bonds. The van der Waals surface area contributed by atoms with Crippen LogP contribution in [0.2, 0.25) is 0 Å². The predicted molar refractivity (Wildman–Crippen MR) is 47.0 cm³/mol. The van der Waals surface area contributed by atoms with Crippen LogP contribution in [0.3, 0.4) is 0 Å². The molecule has 0 spiro atoms. The number of hydrogen-bond acceptors (Lipinski definition) is 3. The molecule has 15 heavy (non-hydrogen) atoms. The van der Waals surface area contributed by atoms with Gasteiger partial charge in [-0.15, -0.1) is 23.0 Å². The number of hydrogen-bond donors (Lipinski definition) is 0. The lowest BCUT2D eigenvalue weighted by Gasteiger charge is -2.07. The quantitative estimate of drug-likeness (QED) is 0.718. The predicted octanol–water partition coefficient (Wildman–Crippen LogP) is 2.27. The van der Waals surface area contributed by atoms with Gasteiger partial charge in [0.15, 0.2) is 5.82 Å². The SMILES string of the molecule is CCCCCCc1nnnn1C(F)(F)F. The van der Waals surface area contributed by atoms with E-state index in [-0.39, 0.29) is 16.9 Å². The van der Waals surface area contributed by atoms with Crippen LogP contribution in [0.4, 0.5) is 13.2 Å². The minimum atomic E-state index is -4.51. The molecule has 0 aliphatic rings. The number of aryl methyl sites for hydroxylation is 1. The molecule has 0 radical (unpaired) electrons. The highest BCUT2D eigenvalue weighted by atomic mass is 19.4. The summed E-state index contributed by atoms with van der Waals surface area (Å²) in [6.07, 6.45) is -0.584. The van der Waals surface area contributed by atoms with Crippen LogP contribution < -0.4 is 0 Å². The summed E-state index contributed by atoms with van der Waals surface area (Å²) in [5.41, 5.74) is 0. The van der Waals surface area contributed by atoms with Crippen LogP contribution in [0.5, 0.6) is 0 Å². The van der Waals surface area contributed by atoms with Crippen molar-refractivity contribution in [3.8, 4) is 0 Å². The van der Waals surface area contributed by atoms with Gasteiger partial charge in [0, 0.05) is 6.42 Å². The molecule has 0 N–H and O–H groups in total. The third-order valence-electron chi connectivity index (χ3n) is 2.03. The second kappa shape index (κ2) is 5.09. The van der Waals surface area contributed by atoms with Gasteiger partial charge in [0.25, 0.3) is 0 Å². The molecule has 0 aromatic carbocycles. The van der Waals surface area contributed by atoms with Crippen molar-refractivity contribution in [2.24, 2.45) is 0 Å². The Balaban J connectivity index is 2.51. The number of rotatable bonds is 5. The maximum atomic E-state index is 12.3. The molecule has 4 nitrogen and oxygen atoms in total. The molecule has 0 fully saturated rings. The van der Waals surface area contributed by atoms with Crippen molar-refractivity contribution in [2.75, 3.05) is 0 Å². The molecule has 86 valence electrons. The topological polar surface area (TPSA) is 43.6 Å². The van der Waals surface area contributed by atoms with Crippen LogP contribution >= 0.6 is 0 Å². The van der Waals surface area contributed by atoms with E-state index in [0.717, 1.165) is 19.3 Å². The molecule has 0 aliphatic heterocycles. The third kappa shape index (κ3) is 3.49. The molecular weight excluding hydrogens is 209 g/mol. The molecule has 0 bridgehead atoms. The van der Waals surface area contributed by atoms with Crippen LogP contribution in [0.1, 0.15) is 38.4 Å². The fraction of sp³-hybridized carbons (Fsp3) is 0.875. The van der Waals surface area contributed by atoms with E-state index in [1.807, 2.05) is 6.92 Å². The lowest BCUT2D eigenvalue weighted by molar-refractivity contribution is -0.214. The first-order valence-corrected chi connectivity index (χ1v) is 4.90. The highest BCUT2D eigenvalue weighted by Gasteiger charge is 2.35. The molecule has 1 aromatic rings. The van der Waals surface area contributed by atoms with E-state index in [1.165, 1.54) is 0 Å². The summed E-state index contributed by atoms with van der Waals surface area (Å²) in [5.74, 6) is -0.112. The van der Waals surface area contributed by atoms with Crippen molar-refractivity contribution in [3.05, 3.63) is 5.82 Å². The van der Waals surface area contributed by atoms with Gasteiger partial charge in [0.1, 0.15) is 0 Å². The summed E-state index contributed by atoms with van der Waals surface area (Å²) < 4.78 is 36.8. The van der Waals surface area contributed by atoms with Gasteiger partial charge >= 0.3 is 6.30 Å². The van der Waals surface area contributed by atoms with Crippen LogP contribution in [-0.2, 0) is 12.7 Å². The van der Waals surface area contributed by atoms with E-state index in [2.05, 4.69) is 15.5 Å². The summed E-state index contributed by atoms with van der Waals surface area (Å²) in [5, 5.41) is 9.31. The fourth-order valence-electron chi connectivity index (χ4n) is 1.27. The number of unbranched alkanes of at least 4 members (excludes halogenated alkanes) is 3. The maximum Gasteiger partial charge on any atom is 0.507 e. The van der Waals surface area contributed by atoms with Gasteiger partial charge in [-0.3, -0.25) is 0 Å². The monoisotopic (exact) mass is 222 g/mol. The van der Waals surface area contributed by atoms with Gasteiger partial charge in [-0.1, -0.05) is 26.2 Å². The Morgan fingerprint density at radius 2 is 1.93 bits per heavy atom. The molecule has 0 unspecified atom stereocenters. The van der Waals surface area contributed by atoms with E-state index in [0.29, 0.717) is 6.42 Å². The molecule has 0 saturated heterocycles. The standard InChI is InChI=1S/C8H13F3N4/c1-2-3-4-5-6-7-12-13-14-15(7)8(9,10)11/h2-6H2,1H3. The van der Waals surface area contributed by atoms with Crippen LogP contribution in [0.25, 0.3) is 0 Å². The molecule has 0 saturated carbocycles. The van der Waals surface area contributed by atoms with Crippen molar-refractivity contribution >= 4 is 0 Å². The normalized spacial score (nSPS) is 12.0. The Labute approximate surface area is 85.5 Å². The highest BCUT2D eigenvalue weighted by Crippen LogP contribution is 2.22. The van der Waals surface area contributed by atoms with Gasteiger partial charge in [-0.2, -0.15) is 0 Å². The Morgan fingerprint density at radius 1 is 1.20 bits per heavy atom. The molecule has 1 rings (SSSR count). The summed E-state index contributed by atoms with van der Waals surface area (Å²) in [6, 6.07) is 0. The summed E-state index contributed by atoms with van der Waals surface area (Å²) in [6.45, 7) is 2.04. The molecule has 1 heterocycles. The lowest BCUT2D eigenvalue weighted by atomic mass is 10.1. The van der Waals surface area contributed by atoms with E-state index < -0.39 is 6.30 Å². The number of nitrogens with zero attached hydrogens (tertiary/aromatic N) is 4. The second-order valence-electron chi connectivity index (χ2n) is 3.29. The summed E-state index contributed by atoms with van der Waals surface area (Å²) in [4.78, 5) is 0. The Morgan fingerprint density at radius 3 is 2.53 bits per heavy atom. The van der Waals surface area contributed by atoms with Gasteiger partial charge in [0.05, 0.1) is 0 Å². The first-order valence-electron chi connectivity index (χ1n) is 4.90. The van der Waals surface area contributed by atoms with Gasteiger partial charge in [-0.05, 0) is 16.8 Å². The second-order valence-corrected chi connectivity index (χ2v) is 3.29. The summed E-state index contributed by atoms with van der Waals surface area (Å²) in [7, 11) is 0. The first-order chi connectivity index (χ1) is 7.05. The maximum absolute atomic E-state index is 12.3. The molecule has 0 atom stereocenters. The minimum Gasteiger partial charge on any atom is -0.149 e. The van der Waals surface area contributed by atoms with Crippen molar-refractivity contribution in [1.82, 2.24) is 20.2 Å². The summed E-state index contributed by atoms with van der Waals surface area (Å²) >= 11 is 0. The number of halogens is 3. The number of tetrazole rings is 1. The zero-order valence-corrected chi connectivity index (χ0v) is 8.46. The smallest absolute Gasteiger partial charge is 0.149 e. The average Bonchev–Trinajstić information content (AvgIpc) is 2.59. The molecule has 7 heteroatoms. The van der Waals surface area contributed by atoms with E-state index in [1.54, 1.807) is 0 Å². The van der Waals surface area contributed by atoms with Gasteiger partial charge < -0.3 is 0 Å². The van der Waals surface area contributed by atoms with Crippen molar-refractivity contribution in [2.45, 2.75) is 45.3 Å². The van der Waals surface area contributed by atoms with Gasteiger partial charge in [-0.25, -0.2) is 0 Å². The minimum absolute atomic E-state index is 0.0705. The Kier molecular flexibility index (Phi) is 4.05. The van der Waals surface area contributed by atoms with Gasteiger partial charge in [0.2, 0.25) is 0 Å². The van der Waals surface area contributed by atoms with E-state index >= 15 is 0 Å². The van der Waals surface area contributed by atoms with Crippen molar-refractivity contribution in [3.63, 3.8) is 0 Å². The lowest BCUT2D eigenvalue weighted by Crippen LogP contribution is -2.21.